The Kier molecular flexibility index (Phi) is 5.16. The molecule has 31 heavy (non-hydrogen) atoms. The molecule has 156 valence electrons. The number of carbonyl (C=O) groups excluding carboxylic acids is 1. The Morgan fingerprint density at radius 1 is 1.16 bits per heavy atom. The molecule has 0 saturated heterocycles. The van der Waals surface area contributed by atoms with Crippen LogP contribution in [0.25, 0.3) is 6.08 Å². The summed E-state index contributed by atoms with van der Waals surface area (Å²) in [4.78, 5) is 13.2. The Labute approximate surface area is 181 Å². The monoisotopic (exact) mass is 412 g/mol. The van der Waals surface area contributed by atoms with Crippen LogP contribution in [0.1, 0.15) is 46.9 Å². The predicted molar refractivity (Wildman–Crippen MR) is 120 cm³/mol. The highest BCUT2D eigenvalue weighted by atomic mass is 16.5. The summed E-state index contributed by atoms with van der Waals surface area (Å²) in [6, 6.07) is 17.6. The molecule has 2 aliphatic rings. The third-order valence-electron chi connectivity index (χ3n) is 5.80. The van der Waals surface area contributed by atoms with Gasteiger partial charge in [-0.1, -0.05) is 54.1 Å². The zero-order valence-corrected chi connectivity index (χ0v) is 17.5. The van der Waals surface area contributed by atoms with Gasteiger partial charge in [-0.3, -0.25) is 4.79 Å². The first-order chi connectivity index (χ1) is 15.2. The predicted octanol–water partition coefficient (Wildman–Crippen LogP) is 5.30. The molecule has 0 radical (unpaired) electrons. The lowest BCUT2D eigenvalue weighted by atomic mass is 9.97. The van der Waals surface area contributed by atoms with E-state index in [1.165, 1.54) is 10.6 Å². The number of nitrogens with zero attached hydrogens (tertiary/aromatic N) is 2. The highest BCUT2D eigenvalue weighted by Crippen LogP contribution is 2.34. The van der Waals surface area contributed by atoms with Crippen LogP contribution in [0.15, 0.2) is 76.5 Å². The van der Waals surface area contributed by atoms with Gasteiger partial charge in [-0.05, 0) is 49.1 Å². The summed E-state index contributed by atoms with van der Waals surface area (Å²) >= 11 is 0. The fourth-order valence-corrected chi connectivity index (χ4v) is 4.15. The summed E-state index contributed by atoms with van der Waals surface area (Å²) in [5.74, 6) is 1.31. The Hall–Kier alpha value is -3.60. The number of fused-ring (bicyclic) bond motifs is 1. The first-order valence-electron chi connectivity index (χ1n) is 10.6. The van der Waals surface area contributed by atoms with Crippen molar-refractivity contribution in [1.82, 2.24) is 5.01 Å². The summed E-state index contributed by atoms with van der Waals surface area (Å²) in [5.41, 5.74) is 5.39. The van der Waals surface area contributed by atoms with Gasteiger partial charge < -0.3 is 9.15 Å². The van der Waals surface area contributed by atoms with Crippen molar-refractivity contribution < 1.29 is 13.9 Å². The van der Waals surface area contributed by atoms with Crippen LogP contribution < -0.4 is 4.74 Å². The molecule has 5 rings (SSSR count). The van der Waals surface area contributed by atoms with Crippen LogP contribution in [-0.4, -0.2) is 23.2 Å². The van der Waals surface area contributed by atoms with E-state index in [1.54, 1.807) is 6.26 Å². The average molecular weight is 412 g/mol. The molecular weight excluding hydrogens is 388 g/mol. The smallest absolute Gasteiger partial charge is 0.281 e. The second kappa shape index (κ2) is 8.26. The van der Waals surface area contributed by atoms with Gasteiger partial charge in [0.15, 0.2) is 6.61 Å². The van der Waals surface area contributed by atoms with E-state index in [4.69, 9.17) is 9.15 Å². The van der Waals surface area contributed by atoms with Gasteiger partial charge >= 0.3 is 0 Å². The molecule has 0 bridgehead atoms. The van der Waals surface area contributed by atoms with Crippen LogP contribution in [0.2, 0.25) is 0 Å². The number of amides is 1. The lowest BCUT2D eigenvalue weighted by Crippen LogP contribution is -2.31. The molecule has 1 aliphatic heterocycles. The van der Waals surface area contributed by atoms with Gasteiger partial charge in [-0.25, -0.2) is 5.01 Å². The summed E-state index contributed by atoms with van der Waals surface area (Å²) in [5, 5.41) is 6.19. The van der Waals surface area contributed by atoms with Crippen LogP contribution in [0, 0.1) is 6.92 Å². The van der Waals surface area contributed by atoms with Gasteiger partial charge in [0.25, 0.3) is 5.91 Å². The van der Waals surface area contributed by atoms with E-state index in [9.17, 15) is 4.79 Å². The number of furan rings is 1. The van der Waals surface area contributed by atoms with Gasteiger partial charge in [0.2, 0.25) is 0 Å². The zero-order chi connectivity index (χ0) is 21.2. The first kappa shape index (κ1) is 19.4. The SMILES string of the molecule is Cc1ccc(C2=NN(C(=O)COc3cccc4c3CCC=C4)C(c3ccco3)C2)cc1. The lowest BCUT2D eigenvalue weighted by molar-refractivity contribution is -0.135. The molecule has 3 aromatic rings. The second-order valence-electron chi connectivity index (χ2n) is 7.94. The van der Waals surface area contributed by atoms with E-state index in [-0.39, 0.29) is 18.6 Å². The number of benzene rings is 2. The molecule has 1 amide bonds. The summed E-state index contributed by atoms with van der Waals surface area (Å²) in [7, 11) is 0. The number of hydrogen-bond acceptors (Lipinski definition) is 4. The summed E-state index contributed by atoms with van der Waals surface area (Å²) in [6.45, 7) is 1.99. The molecule has 0 fully saturated rings. The normalized spacial score (nSPS) is 17.4. The van der Waals surface area contributed by atoms with Crippen molar-refractivity contribution in [1.29, 1.82) is 0 Å². The van der Waals surface area contributed by atoms with Gasteiger partial charge in [-0.15, -0.1) is 0 Å². The Morgan fingerprint density at radius 2 is 2.03 bits per heavy atom. The van der Waals surface area contributed by atoms with E-state index >= 15 is 0 Å². The number of rotatable bonds is 5. The molecule has 0 saturated carbocycles. The van der Waals surface area contributed by atoms with Crippen molar-refractivity contribution >= 4 is 17.7 Å². The van der Waals surface area contributed by atoms with Crippen LogP contribution in [0.5, 0.6) is 5.75 Å². The molecule has 2 aromatic carbocycles. The number of ether oxygens (including phenoxy) is 1. The summed E-state index contributed by atoms with van der Waals surface area (Å²) < 4.78 is 11.6. The Balaban J connectivity index is 1.37. The molecule has 0 N–H and O–H groups in total. The maximum atomic E-state index is 13.2. The Morgan fingerprint density at radius 3 is 2.84 bits per heavy atom. The zero-order valence-electron chi connectivity index (χ0n) is 17.5. The lowest BCUT2D eigenvalue weighted by Gasteiger charge is -2.21. The van der Waals surface area contributed by atoms with Crippen LogP contribution in [-0.2, 0) is 11.2 Å². The minimum absolute atomic E-state index is 0.0674. The van der Waals surface area contributed by atoms with E-state index in [0.717, 1.165) is 46.8 Å². The fourth-order valence-electron chi connectivity index (χ4n) is 4.15. The van der Waals surface area contributed by atoms with E-state index in [1.807, 2.05) is 36.4 Å². The molecular formula is C26H24N2O3. The van der Waals surface area contributed by atoms with E-state index in [0.29, 0.717) is 6.42 Å². The molecule has 5 heteroatoms. The van der Waals surface area contributed by atoms with Gasteiger partial charge in [0, 0.05) is 12.0 Å². The van der Waals surface area contributed by atoms with Crippen LogP contribution >= 0.6 is 0 Å². The number of carbonyl (C=O) groups is 1. The Bertz CT molecular complexity index is 1140. The molecule has 0 spiro atoms. The van der Waals surface area contributed by atoms with E-state index in [2.05, 4.69) is 42.4 Å². The highest BCUT2D eigenvalue weighted by Gasteiger charge is 2.35. The van der Waals surface area contributed by atoms with Crippen molar-refractivity contribution in [3.63, 3.8) is 0 Å². The number of allylic oxidation sites excluding steroid dienone is 1. The van der Waals surface area contributed by atoms with Gasteiger partial charge in [0.05, 0.1) is 12.0 Å². The molecule has 1 atom stereocenters. The van der Waals surface area contributed by atoms with E-state index < -0.39 is 0 Å². The largest absolute Gasteiger partial charge is 0.483 e. The van der Waals surface area contributed by atoms with Gasteiger partial charge in [-0.2, -0.15) is 5.10 Å². The van der Waals surface area contributed by atoms with Crippen molar-refractivity contribution in [3.8, 4) is 5.75 Å². The molecule has 2 heterocycles. The van der Waals surface area contributed by atoms with Gasteiger partial charge in [0.1, 0.15) is 17.6 Å². The number of aryl methyl sites for hydroxylation is 1. The maximum Gasteiger partial charge on any atom is 0.281 e. The summed E-state index contributed by atoms with van der Waals surface area (Å²) in [6.07, 6.45) is 8.41. The van der Waals surface area contributed by atoms with Crippen molar-refractivity contribution in [2.24, 2.45) is 5.10 Å². The number of hydrogen-bond donors (Lipinski definition) is 0. The molecule has 5 nitrogen and oxygen atoms in total. The third kappa shape index (κ3) is 3.91. The third-order valence-corrected chi connectivity index (χ3v) is 5.80. The van der Waals surface area contributed by atoms with Crippen LogP contribution in [0.3, 0.4) is 0 Å². The standard InChI is InChI=1S/C26H24N2O3/c1-18-11-13-20(14-12-18)22-16-23(25-10-5-15-30-25)28(27-22)26(29)17-31-24-9-4-7-19-6-2-3-8-21(19)24/h2,4-7,9-15,23H,3,8,16-17H2,1H3. The maximum absolute atomic E-state index is 13.2. The molecule has 1 aromatic heterocycles. The fraction of sp³-hybridized carbons (Fsp3) is 0.231. The van der Waals surface area contributed by atoms with Crippen molar-refractivity contribution in [2.75, 3.05) is 6.61 Å². The average Bonchev–Trinajstić information content (AvgIpc) is 3.48. The minimum atomic E-state index is -0.268. The topological polar surface area (TPSA) is 55.0 Å². The van der Waals surface area contributed by atoms with Crippen molar-refractivity contribution in [2.45, 2.75) is 32.2 Å². The molecule has 1 aliphatic carbocycles. The second-order valence-corrected chi connectivity index (χ2v) is 7.94. The molecule has 1 unspecified atom stereocenters. The minimum Gasteiger partial charge on any atom is -0.483 e. The quantitative estimate of drug-likeness (QED) is 0.571. The van der Waals surface area contributed by atoms with Crippen LogP contribution in [0.4, 0.5) is 0 Å². The highest BCUT2D eigenvalue weighted by molar-refractivity contribution is 6.03. The van der Waals surface area contributed by atoms with Crippen molar-refractivity contribution in [3.05, 3.63) is 95.0 Å². The number of hydrazone groups is 1. The first-order valence-corrected chi connectivity index (χ1v) is 10.6.